The van der Waals surface area contributed by atoms with Gasteiger partial charge in [-0.15, -0.1) is 0 Å². The van der Waals surface area contributed by atoms with Crippen LogP contribution >= 0.6 is 24.4 Å². The van der Waals surface area contributed by atoms with E-state index in [0.717, 1.165) is 11.5 Å². The summed E-state index contributed by atoms with van der Waals surface area (Å²) in [4.78, 5) is 10.1. The fraction of sp³-hybridized carbons (Fsp3) is 0.833. The maximum Gasteiger partial charge on any atom is 0.220 e. The first-order valence-electron chi connectivity index (χ1n) is 2.99. The van der Waals surface area contributed by atoms with Gasteiger partial charge in [0.2, 0.25) is 6.29 Å². The van der Waals surface area contributed by atoms with Crippen LogP contribution in [0.5, 0.6) is 0 Å². The second-order valence-electron chi connectivity index (χ2n) is 2.30. The number of nitrogens with two attached hydrogens (primary N) is 1. The van der Waals surface area contributed by atoms with E-state index in [1.54, 1.807) is 25.0 Å². The summed E-state index contributed by atoms with van der Waals surface area (Å²) in [5, 5.41) is 0. The SMILES string of the molecule is C[C@@](N)([C]=O)CSCCS. The Kier molecular flexibility index (Phi) is 5.21. The average Bonchev–Trinajstić information content (AvgIpc) is 1.89. The minimum absolute atomic E-state index is 0.622. The maximum absolute atomic E-state index is 10.1. The minimum Gasteiger partial charge on any atom is -0.318 e. The third kappa shape index (κ3) is 5.14. The molecule has 4 heteroatoms. The molecule has 0 saturated carbocycles. The molecule has 0 rings (SSSR count). The molecule has 59 valence electrons. The topological polar surface area (TPSA) is 43.1 Å². The van der Waals surface area contributed by atoms with Crippen LogP contribution in [0.25, 0.3) is 0 Å². The maximum atomic E-state index is 10.1. The van der Waals surface area contributed by atoms with Crippen LogP contribution in [0.15, 0.2) is 0 Å². The van der Waals surface area contributed by atoms with Gasteiger partial charge in [0.15, 0.2) is 0 Å². The summed E-state index contributed by atoms with van der Waals surface area (Å²) >= 11 is 5.64. The van der Waals surface area contributed by atoms with Crippen LogP contribution in [0.3, 0.4) is 0 Å². The van der Waals surface area contributed by atoms with Gasteiger partial charge in [-0.1, -0.05) is 0 Å². The Morgan fingerprint density at radius 3 is 2.80 bits per heavy atom. The molecule has 2 N–H and O–H groups in total. The predicted molar refractivity (Wildman–Crippen MR) is 49.5 cm³/mol. The molecule has 0 aromatic carbocycles. The van der Waals surface area contributed by atoms with E-state index in [1.807, 2.05) is 0 Å². The Labute approximate surface area is 71.3 Å². The molecule has 10 heavy (non-hydrogen) atoms. The van der Waals surface area contributed by atoms with Crippen LogP contribution in [-0.4, -0.2) is 29.1 Å². The first kappa shape index (κ1) is 10.3. The van der Waals surface area contributed by atoms with Crippen molar-refractivity contribution in [2.45, 2.75) is 12.5 Å². The van der Waals surface area contributed by atoms with Crippen molar-refractivity contribution < 1.29 is 4.79 Å². The van der Waals surface area contributed by atoms with Gasteiger partial charge in [0, 0.05) is 11.5 Å². The summed E-state index contributed by atoms with van der Waals surface area (Å²) in [6.07, 6.45) is 1.78. The normalized spacial score (nSPS) is 16.3. The van der Waals surface area contributed by atoms with Crippen molar-refractivity contribution >= 4 is 30.7 Å². The van der Waals surface area contributed by atoms with Gasteiger partial charge in [-0.3, -0.25) is 4.79 Å². The molecule has 2 nitrogen and oxygen atoms in total. The number of carbonyl (C=O) groups excluding carboxylic acids is 1. The zero-order valence-corrected chi connectivity index (χ0v) is 7.67. The highest BCUT2D eigenvalue weighted by atomic mass is 32.2. The molecular formula is C6H12NOS2. The van der Waals surface area contributed by atoms with Crippen LogP contribution in [0.1, 0.15) is 6.92 Å². The lowest BCUT2D eigenvalue weighted by Gasteiger charge is -2.13. The van der Waals surface area contributed by atoms with Crippen molar-refractivity contribution in [2.24, 2.45) is 5.73 Å². The van der Waals surface area contributed by atoms with Crippen LogP contribution in [0.2, 0.25) is 0 Å². The van der Waals surface area contributed by atoms with Crippen molar-refractivity contribution in [1.82, 2.24) is 0 Å². The van der Waals surface area contributed by atoms with Crippen molar-refractivity contribution in [2.75, 3.05) is 17.3 Å². The van der Waals surface area contributed by atoms with Crippen molar-refractivity contribution in [3.63, 3.8) is 0 Å². The van der Waals surface area contributed by atoms with E-state index in [-0.39, 0.29) is 0 Å². The van der Waals surface area contributed by atoms with Crippen LogP contribution in [-0.2, 0) is 4.79 Å². The molecule has 0 aliphatic heterocycles. The molecule has 0 unspecified atom stereocenters. The molecule has 0 aromatic rings. The van der Waals surface area contributed by atoms with E-state index >= 15 is 0 Å². The first-order valence-corrected chi connectivity index (χ1v) is 4.78. The third-order valence-corrected chi connectivity index (χ3v) is 2.69. The largest absolute Gasteiger partial charge is 0.318 e. The van der Waals surface area contributed by atoms with Gasteiger partial charge in [-0.05, 0) is 12.7 Å². The first-order chi connectivity index (χ1) is 4.62. The van der Waals surface area contributed by atoms with Crippen LogP contribution in [0.4, 0.5) is 0 Å². The minimum atomic E-state index is -0.784. The molecule has 0 amide bonds. The van der Waals surface area contributed by atoms with E-state index in [2.05, 4.69) is 12.6 Å². The monoisotopic (exact) mass is 178 g/mol. The summed E-state index contributed by atoms with van der Waals surface area (Å²) in [7, 11) is 0. The summed E-state index contributed by atoms with van der Waals surface area (Å²) in [6, 6.07) is 0. The van der Waals surface area contributed by atoms with Gasteiger partial charge >= 0.3 is 0 Å². The van der Waals surface area contributed by atoms with Crippen LogP contribution in [0, 0.1) is 0 Å². The highest BCUT2D eigenvalue weighted by Gasteiger charge is 2.17. The lowest BCUT2D eigenvalue weighted by atomic mass is 10.1. The molecule has 0 fully saturated rings. The van der Waals surface area contributed by atoms with Crippen molar-refractivity contribution in [1.29, 1.82) is 0 Å². The lowest BCUT2D eigenvalue weighted by Crippen LogP contribution is -2.40. The molecule has 0 aromatic heterocycles. The van der Waals surface area contributed by atoms with Crippen LogP contribution < -0.4 is 5.73 Å². The molecule has 0 bridgehead atoms. The number of hydrogen-bond donors (Lipinski definition) is 2. The summed E-state index contributed by atoms with van der Waals surface area (Å²) < 4.78 is 0. The second-order valence-corrected chi connectivity index (χ2v) is 3.85. The fourth-order valence-electron chi connectivity index (χ4n) is 0.378. The van der Waals surface area contributed by atoms with Gasteiger partial charge in [0.25, 0.3) is 0 Å². The number of hydrogen-bond acceptors (Lipinski definition) is 4. The summed E-state index contributed by atoms with van der Waals surface area (Å²) in [5.41, 5.74) is 4.70. The molecule has 0 spiro atoms. The average molecular weight is 178 g/mol. The molecule has 0 saturated heterocycles. The third-order valence-electron chi connectivity index (χ3n) is 0.871. The Morgan fingerprint density at radius 1 is 1.80 bits per heavy atom. The molecule has 0 aliphatic carbocycles. The van der Waals surface area contributed by atoms with Gasteiger partial charge in [0.05, 0.1) is 5.54 Å². The molecule has 1 atom stereocenters. The quantitative estimate of drug-likeness (QED) is 0.475. The zero-order valence-electron chi connectivity index (χ0n) is 5.96. The van der Waals surface area contributed by atoms with E-state index < -0.39 is 5.54 Å². The zero-order chi connectivity index (χ0) is 8.04. The van der Waals surface area contributed by atoms with Gasteiger partial charge < -0.3 is 5.73 Å². The molecule has 0 aliphatic rings. The van der Waals surface area contributed by atoms with Gasteiger partial charge in [-0.2, -0.15) is 24.4 Å². The Hall–Kier alpha value is 0.330. The molecule has 0 heterocycles. The molecular weight excluding hydrogens is 166 g/mol. The van der Waals surface area contributed by atoms with Gasteiger partial charge in [-0.25, -0.2) is 0 Å². The van der Waals surface area contributed by atoms with Crippen molar-refractivity contribution in [3.05, 3.63) is 0 Å². The Bertz CT molecular complexity index is 106. The highest BCUT2D eigenvalue weighted by molar-refractivity contribution is 8.00. The van der Waals surface area contributed by atoms with E-state index in [9.17, 15) is 4.79 Å². The number of rotatable bonds is 5. The number of thiol groups is 1. The van der Waals surface area contributed by atoms with E-state index in [0.29, 0.717) is 5.75 Å². The Morgan fingerprint density at radius 2 is 2.40 bits per heavy atom. The molecule has 1 radical (unpaired) electrons. The number of thioether (sulfide) groups is 1. The standard InChI is InChI=1S/C6H12NOS2/c1-6(7,4-8)5-10-3-2-9/h9H,2-3,5,7H2,1H3/t6-/m1/s1. The second kappa shape index (κ2) is 5.04. The fourth-order valence-corrected chi connectivity index (χ4v) is 1.52. The smallest absolute Gasteiger partial charge is 0.220 e. The summed E-state index contributed by atoms with van der Waals surface area (Å²) in [6.45, 7) is 1.67. The Balaban J connectivity index is 3.37. The summed E-state index contributed by atoms with van der Waals surface area (Å²) in [5.74, 6) is 2.37. The van der Waals surface area contributed by atoms with Gasteiger partial charge in [0.1, 0.15) is 0 Å². The predicted octanol–water partition coefficient (Wildman–Crippen LogP) is 0.476. The highest BCUT2D eigenvalue weighted by Crippen LogP contribution is 2.08. The van der Waals surface area contributed by atoms with E-state index in [1.165, 1.54) is 0 Å². The van der Waals surface area contributed by atoms with Crippen molar-refractivity contribution in [3.8, 4) is 0 Å². The van der Waals surface area contributed by atoms with E-state index in [4.69, 9.17) is 5.73 Å². The lowest BCUT2D eigenvalue weighted by molar-refractivity contribution is 0.518.